The second-order valence-corrected chi connectivity index (χ2v) is 6.10. The van der Waals surface area contributed by atoms with Crippen molar-refractivity contribution in [2.75, 3.05) is 0 Å². The van der Waals surface area contributed by atoms with E-state index >= 15 is 0 Å². The molecule has 0 heterocycles. The number of aliphatic carboxylic acids is 1. The Labute approximate surface area is 117 Å². The van der Waals surface area contributed by atoms with E-state index in [1.807, 2.05) is 13.8 Å². The molecule has 19 heavy (non-hydrogen) atoms. The van der Waals surface area contributed by atoms with Gasteiger partial charge in [0.2, 0.25) is 0 Å². The van der Waals surface area contributed by atoms with Crippen LogP contribution in [0.2, 0.25) is 0 Å². The Balaban J connectivity index is 3.75. The summed E-state index contributed by atoms with van der Waals surface area (Å²) in [5, 5.41) is 9.93. The Morgan fingerprint density at radius 2 is 1.63 bits per heavy atom. The van der Waals surface area contributed by atoms with Crippen LogP contribution in [-0.2, 0) is 4.79 Å². The van der Waals surface area contributed by atoms with Crippen molar-refractivity contribution >= 4 is 5.97 Å². The molecule has 0 radical (unpaired) electrons. The van der Waals surface area contributed by atoms with Gasteiger partial charge in [0, 0.05) is 5.41 Å². The SMILES string of the molecule is CCC1=C(CC)C(C)(C)C(CC)(C(=O)O)C(C)=C1C. The molecule has 1 aliphatic carbocycles. The summed E-state index contributed by atoms with van der Waals surface area (Å²) in [6.07, 6.45) is 2.55. The molecule has 0 amide bonds. The summed E-state index contributed by atoms with van der Waals surface area (Å²) in [7, 11) is 0. The van der Waals surface area contributed by atoms with Crippen LogP contribution in [0, 0.1) is 10.8 Å². The number of hydrogen-bond acceptors (Lipinski definition) is 1. The van der Waals surface area contributed by atoms with Crippen molar-refractivity contribution in [1.82, 2.24) is 0 Å². The van der Waals surface area contributed by atoms with Crippen molar-refractivity contribution in [3.05, 3.63) is 22.3 Å². The summed E-state index contributed by atoms with van der Waals surface area (Å²) in [6.45, 7) is 14.6. The van der Waals surface area contributed by atoms with Crippen LogP contribution < -0.4 is 0 Å². The van der Waals surface area contributed by atoms with Crippen LogP contribution in [0.1, 0.15) is 67.7 Å². The van der Waals surface area contributed by atoms with Gasteiger partial charge in [-0.05, 0) is 44.3 Å². The third kappa shape index (κ3) is 1.87. The molecule has 2 nitrogen and oxygen atoms in total. The Kier molecular flexibility index (Phi) is 4.33. The van der Waals surface area contributed by atoms with Crippen LogP contribution >= 0.6 is 0 Å². The summed E-state index contributed by atoms with van der Waals surface area (Å²) in [5.74, 6) is -0.682. The monoisotopic (exact) mass is 264 g/mol. The van der Waals surface area contributed by atoms with Gasteiger partial charge in [0.25, 0.3) is 0 Å². The summed E-state index contributed by atoms with van der Waals surface area (Å²) < 4.78 is 0. The standard InChI is InChI=1S/C17H28O2/c1-8-13-11(4)12(5)17(10-3,15(18)19)16(6,7)14(13)9-2/h8-10H2,1-7H3,(H,18,19). The van der Waals surface area contributed by atoms with Crippen molar-refractivity contribution < 1.29 is 9.90 Å². The van der Waals surface area contributed by atoms with Crippen molar-refractivity contribution in [1.29, 1.82) is 0 Å². The molecule has 0 saturated heterocycles. The zero-order valence-corrected chi connectivity index (χ0v) is 13.5. The van der Waals surface area contributed by atoms with E-state index in [-0.39, 0.29) is 5.41 Å². The average molecular weight is 264 g/mol. The highest BCUT2D eigenvalue weighted by Gasteiger charge is 2.55. The molecule has 1 aliphatic rings. The largest absolute Gasteiger partial charge is 0.481 e. The van der Waals surface area contributed by atoms with E-state index in [1.165, 1.54) is 16.7 Å². The Morgan fingerprint density at radius 1 is 1.11 bits per heavy atom. The van der Waals surface area contributed by atoms with Crippen LogP contribution in [0.25, 0.3) is 0 Å². The number of carboxylic acid groups (broad SMARTS) is 1. The predicted molar refractivity (Wildman–Crippen MR) is 80.1 cm³/mol. The highest BCUT2D eigenvalue weighted by Crippen LogP contribution is 2.58. The normalized spacial score (nSPS) is 26.9. The first-order valence-corrected chi connectivity index (χ1v) is 7.36. The predicted octanol–water partition coefficient (Wildman–Crippen LogP) is 4.96. The number of rotatable bonds is 4. The fourth-order valence-electron chi connectivity index (χ4n) is 4.30. The first-order valence-electron chi connectivity index (χ1n) is 7.36. The van der Waals surface area contributed by atoms with Gasteiger partial charge in [0.1, 0.15) is 0 Å². The summed E-state index contributed by atoms with van der Waals surface area (Å²) >= 11 is 0. The van der Waals surface area contributed by atoms with Crippen molar-refractivity contribution in [3.8, 4) is 0 Å². The van der Waals surface area contributed by atoms with Gasteiger partial charge in [-0.25, -0.2) is 0 Å². The highest BCUT2D eigenvalue weighted by atomic mass is 16.4. The highest BCUT2D eigenvalue weighted by molar-refractivity contribution is 5.82. The van der Waals surface area contributed by atoms with Crippen LogP contribution in [0.4, 0.5) is 0 Å². The molecule has 108 valence electrons. The topological polar surface area (TPSA) is 37.3 Å². The van der Waals surface area contributed by atoms with Gasteiger partial charge < -0.3 is 5.11 Å². The molecule has 0 saturated carbocycles. The number of hydrogen-bond donors (Lipinski definition) is 1. The fourth-order valence-corrected chi connectivity index (χ4v) is 4.30. The quantitative estimate of drug-likeness (QED) is 0.779. The zero-order chi connectivity index (χ0) is 15.0. The molecule has 0 bridgehead atoms. The maximum atomic E-state index is 12.1. The van der Waals surface area contributed by atoms with E-state index in [9.17, 15) is 9.90 Å². The molecule has 1 rings (SSSR count). The summed E-state index contributed by atoms with van der Waals surface area (Å²) in [4.78, 5) is 12.1. The molecule has 2 heteroatoms. The number of carboxylic acids is 1. The Hall–Kier alpha value is -1.05. The molecule has 1 N–H and O–H groups in total. The summed E-state index contributed by atoms with van der Waals surface area (Å²) in [5.41, 5.74) is 3.85. The maximum Gasteiger partial charge on any atom is 0.314 e. The van der Waals surface area contributed by atoms with Crippen molar-refractivity contribution in [3.63, 3.8) is 0 Å². The van der Waals surface area contributed by atoms with Gasteiger partial charge in [-0.15, -0.1) is 0 Å². The maximum absolute atomic E-state index is 12.1. The molecule has 0 fully saturated rings. The molecular weight excluding hydrogens is 236 g/mol. The van der Waals surface area contributed by atoms with Gasteiger partial charge in [-0.3, -0.25) is 4.79 Å². The molecule has 1 atom stereocenters. The van der Waals surface area contributed by atoms with E-state index in [1.54, 1.807) is 0 Å². The van der Waals surface area contributed by atoms with Crippen molar-refractivity contribution in [2.45, 2.75) is 67.7 Å². The van der Waals surface area contributed by atoms with Crippen LogP contribution in [0.3, 0.4) is 0 Å². The molecule has 0 aromatic carbocycles. The zero-order valence-electron chi connectivity index (χ0n) is 13.5. The summed E-state index contributed by atoms with van der Waals surface area (Å²) in [6, 6.07) is 0. The minimum Gasteiger partial charge on any atom is -0.481 e. The Bertz CT molecular complexity index is 452. The lowest BCUT2D eigenvalue weighted by molar-refractivity contribution is -0.152. The van der Waals surface area contributed by atoms with Crippen molar-refractivity contribution in [2.24, 2.45) is 10.8 Å². The molecule has 0 aromatic rings. The number of allylic oxidation sites excluding steroid dienone is 3. The first-order chi connectivity index (χ1) is 8.72. The van der Waals surface area contributed by atoms with Crippen LogP contribution in [0.5, 0.6) is 0 Å². The van der Waals surface area contributed by atoms with Gasteiger partial charge in [0.05, 0.1) is 5.41 Å². The lowest BCUT2D eigenvalue weighted by atomic mass is 9.52. The van der Waals surface area contributed by atoms with E-state index in [0.717, 1.165) is 18.4 Å². The fraction of sp³-hybridized carbons (Fsp3) is 0.706. The smallest absolute Gasteiger partial charge is 0.314 e. The third-order valence-corrected chi connectivity index (χ3v) is 5.44. The molecule has 0 aromatic heterocycles. The van der Waals surface area contributed by atoms with E-state index in [2.05, 4.69) is 34.6 Å². The molecule has 1 unspecified atom stereocenters. The van der Waals surface area contributed by atoms with E-state index < -0.39 is 11.4 Å². The Morgan fingerprint density at radius 3 is 1.95 bits per heavy atom. The minimum absolute atomic E-state index is 0.322. The van der Waals surface area contributed by atoms with Crippen LogP contribution in [0.15, 0.2) is 22.3 Å². The van der Waals surface area contributed by atoms with Gasteiger partial charge in [0.15, 0.2) is 0 Å². The van der Waals surface area contributed by atoms with E-state index in [0.29, 0.717) is 6.42 Å². The minimum atomic E-state index is -0.763. The molecule has 0 aliphatic heterocycles. The van der Waals surface area contributed by atoms with Crippen LogP contribution in [-0.4, -0.2) is 11.1 Å². The third-order valence-electron chi connectivity index (χ3n) is 5.44. The lowest BCUT2D eigenvalue weighted by Gasteiger charge is -2.50. The second-order valence-electron chi connectivity index (χ2n) is 6.10. The van der Waals surface area contributed by atoms with E-state index in [4.69, 9.17) is 0 Å². The second kappa shape index (κ2) is 5.15. The first kappa shape index (κ1) is 16.0. The van der Waals surface area contributed by atoms with Gasteiger partial charge in [-0.2, -0.15) is 0 Å². The molecule has 0 spiro atoms. The number of carbonyl (C=O) groups is 1. The lowest BCUT2D eigenvalue weighted by Crippen LogP contribution is -2.49. The average Bonchev–Trinajstić information content (AvgIpc) is 2.33. The molecular formula is C17H28O2. The van der Waals surface area contributed by atoms with Gasteiger partial charge in [-0.1, -0.05) is 45.8 Å². The van der Waals surface area contributed by atoms with Gasteiger partial charge >= 0.3 is 5.97 Å².